The number of carboxylic acid groups (broad SMARTS) is 1. The molecule has 1 saturated heterocycles. The predicted octanol–water partition coefficient (Wildman–Crippen LogP) is -0.564. The Kier molecular flexibility index (Phi) is 2.92. The Morgan fingerprint density at radius 2 is 2.00 bits per heavy atom. The molecule has 2 rings (SSSR count). The molecule has 0 atom stereocenters. The lowest BCUT2D eigenvalue weighted by atomic mass is 10.3. The second-order valence-electron chi connectivity index (χ2n) is 3.69. The van der Waals surface area contributed by atoms with Gasteiger partial charge in [0.2, 0.25) is 17.6 Å². The minimum Gasteiger partial charge on any atom is -0.475 e. The van der Waals surface area contributed by atoms with Crippen molar-refractivity contribution in [1.29, 1.82) is 0 Å². The molecule has 1 aromatic heterocycles. The standard InChI is InChI=1S/C10H10N2O5/c13-8-4-12(5-9(14)11-8)3-6-1-2-7(17-6)10(15)16/h1-2H,3-5H2,(H,15,16)(H,11,13,14). The van der Waals surface area contributed by atoms with Crippen LogP contribution in [0.25, 0.3) is 0 Å². The number of imide groups is 1. The molecule has 2 heterocycles. The van der Waals surface area contributed by atoms with Crippen molar-refractivity contribution < 1.29 is 23.9 Å². The number of nitrogens with zero attached hydrogens (tertiary/aromatic N) is 1. The van der Waals surface area contributed by atoms with E-state index in [4.69, 9.17) is 9.52 Å². The van der Waals surface area contributed by atoms with E-state index >= 15 is 0 Å². The number of carbonyl (C=O) groups is 3. The van der Waals surface area contributed by atoms with Crippen molar-refractivity contribution in [2.75, 3.05) is 13.1 Å². The summed E-state index contributed by atoms with van der Waals surface area (Å²) in [4.78, 5) is 34.3. The molecule has 7 heteroatoms. The summed E-state index contributed by atoms with van der Waals surface area (Å²) < 4.78 is 5.03. The zero-order valence-electron chi connectivity index (χ0n) is 8.80. The first kappa shape index (κ1) is 11.3. The van der Waals surface area contributed by atoms with Crippen molar-refractivity contribution in [3.63, 3.8) is 0 Å². The molecule has 0 aliphatic carbocycles. The molecule has 0 aromatic carbocycles. The third kappa shape index (κ3) is 2.70. The van der Waals surface area contributed by atoms with Gasteiger partial charge in [0.15, 0.2) is 0 Å². The van der Waals surface area contributed by atoms with Crippen molar-refractivity contribution in [2.45, 2.75) is 6.54 Å². The van der Waals surface area contributed by atoms with Crippen LogP contribution in [0.3, 0.4) is 0 Å². The fraction of sp³-hybridized carbons (Fsp3) is 0.300. The molecule has 1 aliphatic rings. The smallest absolute Gasteiger partial charge is 0.371 e. The maximum absolute atomic E-state index is 11.1. The molecule has 2 amide bonds. The van der Waals surface area contributed by atoms with E-state index in [2.05, 4.69) is 5.32 Å². The molecule has 1 aromatic rings. The van der Waals surface area contributed by atoms with Crippen LogP contribution in [0.2, 0.25) is 0 Å². The third-order valence-electron chi connectivity index (χ3n) is 2.27. The number of aromatic carboxylic acids is 1. The van der Waals surface area contributed by atoms with Crippen LogP contribution in [-0.2, 0) is 16.1 Å². The quantitative estimate of drug-likeness (QED) is 0.684. The molecule has 7 nitrogen and oxygen atoms in total. The molecule has 0 bridgehead atoms. The minimum atomic E-state index is -1.15. The van der Waals surface area contributed by atoms with Crippen LogP contribution in [0.1, 0.15) is 16.3 Å². The Bertz CT molecular complexity index is 463. The molecule has 1 fully saturated rings. The number of nitrogens with one attached hydrogen (secondary N) is 1. The van der Waals surface area contributed by atoms with E-state index in [-0.39, 0.29) is 37.2 Å². The maximum atomic E-state index is 11.1. The lowest BCUT2D eigenvalue weighted by molar-refractivity contribution is -0.136. The Balaban J connectivity index is 2.02. The van der Waals surface area contributed by atoms with Gasteiger partial charge < -0.3 is 9.52 Å². The highest BCUT2D eigenvalue weighted by molar-refractivity contribution is 5.99. The first-order valence-corrected chi connectivity index (χ1v) is 4.91. The van der Waals surface area contributed by atoms with Crippen molar-refractivity contribution in [3.05, 3.63) is 23.7 Å². The van der Waals surface area contributed by atoms with Crippen molar-refractivity contribution in [2.24, 2.45) is 0 Å². The number of carboxylic acids is 1. The van der Waals surface area contributed by atoms with Gasteiger partial charge in [-0.1, -0.05) is 0 Å². The Morgan fingerprint density at radius 3 is 2.53 bits per heavy atom. The van der Waals surface area contributed by atoms with Gasteiger partial charge in [0, 0.05) is 0 Å². The van der Waals surface area contributed by atoms with E-state index in [9.17, 15) is 14.4 Å². The summed E-state index contributed by atoms with van der Waals surface area (Å²) in [5, 5.41) is 10.8. The monoisotopic (exact) mass is 238 g/mol. The highest BCUT2D eigenvalue weighted by Crippen LogP contribution is 2.11. The average molecular weight is 238 g/mol. The van der Waals surface area contributed by atoms with Crippen molar-refractivity contribution in [3.8, 4) is 0 Å². The van der Waals surface area contributed by atoms with Gasteiger partial charge in [-0.15, -0.1) is 0 Å². The summed E-state index contributed by atoms with van der Waals surface area (Å²) >= 11 is 0. The lowest BCUT2D eigenvalue weighted by Gasteiger charge is -2.23. The van der Waals surface area contributed by atoms with Gasteiger partial charge in [0.25, 0.3) is 0 Å². The Morgan fingerprint density at radius 1 is 1.35 bits per heavy atom. The van der Waals surface area contributed by atoms with Crippen LogP contribution in [0.5, 0.6) is 0 Å². The van der Waals surface area contributed by atoms with Gasteiger partial charge in [-0.05, 0) is 12.1 Å². The van der Waals surface area contributed by atoms with Crippen molar-refractivity contribution in [1.82, 2.24) is 10.2 Å². The van der Waals surface area contributed by atoms with Crippen LogP contribution >= 0.6 is 0 Å². The Hall–Kier alpha value is -2.15. The normalized spacial score (nSPS) is 16.9. The second kappa shape index (κ2) is 4.38. The first-order valence-electron chi connectivity index (χ1n) is 4.91. The topological polar surface area (TPSA) is 99.8 Å². The van der Waals surface area contributed by atoms with E-state index < -0.39 is 5.97 Å². The summed E-state index contributed by atoms with van der Waals surface area (Å²) in [6.45, 7) is 0.413. The SMILES string of the molecule is O=C1CN(Cc2ccc(C(=O)O)o2)CC(=O)N1. The fourth-order valence-corrected chi connectivity index (χ4v) is 1.61. The number of piperazine rings is 1. The minimum absolute atomic E-state index is 0.0921. The zero-order chi connectivity index (χ0) is 12.4. The number of amides is 2. The number of rotatable bonds is 3. The summed E-state index contributed by atoms with van der Waals surface area (Å²) in [5.41, 5.74) is 0. The van der Waals surface area contributed by atoms with Gasteiger partial charge in [0.1, 0.15) is 5.76 Å². The van der Waals surface area contributed by atoms with Gasteiger partial charge >= 0.3 is 5.97 Å². The summed E-state index contributed by atoms with van der Waals surface area (Å²) in [6, 6.07) is 2.85. The van der Waals surface area contributed by atoms with Crippen LogP contribution in [0.15, 0.2) is 16.5 Å². The molecule has 1 aliphatic heterocycles. The molecular weight excluding hydrogens is 228 g/mol. The average Bonchev–Trinajstić information content (AvgIpc) is 2.64. The van der Waals surface area contributed by atoms with Gasteiger partial charge in [0.05, 0.1) is 19.6 Å². The molecule has 0 radical (unpaired) electrons. The van der Waals surface area contributed by atoms with E-state index in [0.717, 1.165) is 0 Å². The summed E-state index contributed by atoms with van der Waals surface area (Å²) in [6.07, 6.45) is 0. The number of hydrogen-bond acceptors (Lipinski definition) is 5. The van der Waals surface area contributed by atoms with Gasteiger partial charge in [-0.25, -0.2) is 4.79 Å². The van der Waals surface area contributed by atoms with E-state index in [1.807, 2.05) is 0 Å². The largest absolute Gasteiger partial charge is 0.475 e. The van der Waals surface area contributed by atoms with E-state index in [0.29, 0.717) is 5.76 Å². The van der Waals surface area contributed by atoms with Crippen LogP contribution in [-0.4, -0.2) is 40.9 Å². The number of furan rings is 1. The molecule has 0 unspecified atom stereocenters. The Labute approximate surface area is 96.0 Å². The first-order chi connectivity index (χ1) is 8.04. The zero-order valence-corrected chi connectivity index (χ0v) is 8.80. The molecular formula is C10H10N2O5. The van der Waals surface area contributed by atoms with Crippen molar-refractivity contribution >= 4 is 17.8 Å². The van der Waals surface area contributed by atoms with Gasteiger partial charge in [-0.3, -0.25) is 19.8 Å². The fourth-order valence-electron chi connectivity index (χ4n) is 1.61. The molecule has 2 N–H and O–H groups in total. The molecule has 90 valence electrons. The molecule has 0 spiro atoms. The van der Waals surface area contributed by atoms with Crippen LogP contribution < -0.4 is 5.32 Å². The number of carbonyl (C=O) groups excluding carboxylic acids is 2. The lowest BCUT2D eigenvalue weighted by Crippen LogP contribution is -2.50. The highest BCUT2D eigenvalue weighted by atomic mass is 16.4. The summed E-state index contributed by atoms with van der Waals surface area (Å²) in [5.74, 6) is -1.64. The van der Waals surface area contributed by atoms with E-state index in [1.54, 1.807) is 4.90 Å². The molecule has 0 saturated carbocycles. The maximum Gasteiger partial charge on any atom is 0.371 e. The third-order valence-corrected chi connectivity index (χ3v) is 2.27. The second-order valence-corrected chi connectivity index (χ2v) is 3.69. The van der Waals surface area contributed by atoms with Crippen LogP contribution in [0, 0.1) is 0 Å². The van der Waals surface area contributed by atoms with Crippen LogP contribution in [0.4, 0.5) is 0 Å². The van der Waals surface area contributed by atoms with E-state index in [1.165, 1.54) is 12.1 Å². The highest BCUT2D eigenvalue weighted by Gasteiger charge is 2.23. The molecule has 17 heavy (non-hydrogen) atoms. The summed E-state index contributed by atoms with van der Waals surface area (Å²) in [7, 11) is 0. The number of hydrogen-bond donors (Lipinski definition) is 2. The predicted molar refractivity (Wildman–Crippen MR) is 54.1 cm³/mol. The van der Waals surface area contributed by atoms with Gasteiger partial charge in [-0.2, -0.15) is 0 Å².